The zero-order valence-electron chi connectivity index (χ0n) is 10.3. The Morgan fingerprint density at radius 1 is 0.905 bits per heavy atom. The van der Waals surface area contributed by atoms with E-state index < -0.39 is 49.1 Å². The van der Waals surface area contributed by atoms with Gasteiger partial charge in [0.1, 0.15) is 0 Å². The Kier molecular flexibility index (Phi) is 6.36. The van der Waals surface area contributed by atoms with Crippen LogP contribution in [0.3, 0.4) is 0 Å². The lowest BCUT2D eigenvalue weighted by Crippen LogP contribution is -2.53. The third kappa shape index (κ3) is 5.01. The number of hydrogen-bond donors (Lipinski definition) is 2. The molecule has 0 rings (SSSR count). The van der Waals surface area contributed by atoms with Crippen molar-refractivity contribution in [2.24, 2.45) is 0 Å². The molecular weight excluding hydrogens is 320 g/mol. The lowest BCUT2D eigenvalue weighted by Gasteiger charge is -2.20. The Hall–Kier alpha value is -1.62. The summed E-state index contributed by atoms with van der Waals surface area (Å²) >= 11 is 0. The molecule has 21 heavy (non-hydrogen) atoms. The first-order valence-corrected chi connectivity index (χ1v) is 5.24. The van der Waals surface area contributed by atoms with Gasteiger partial charge in [-0.05, 0) is 6.92 Å². The number of carbonyl (C=O) groups excluding carboxylic acids is 2. The van der Waals surface area contributed by atoms with Crippen molar-refractivity contribution in [1.29, 1.82) is 0 Å². The van der Waals surface area contributed by atoms with Crippen molar-refractivity contribution < 1.29 is 44.7 Å². The maximum Gasteiger partial charge on any atom is 0.383 e. The van der Waals surface area contributed by atoms with Gasteiger partial charge in [0.25, 0.3) is 11.8 Å². The van der Waals surface area contributed by atoms with Crippen LogP contribution in [-0.2, 0) is 9.59 Å². The third-order valence-corrected chi connectivity index (χ3v) is 2.10. The van der Waals surface area contributed by atoms with Crippen molar-refractivity contribution in [3.8, 4) is 0 Å². The average Bonchev–Trinajstić information content (AvgIpc) is 2.34. The smallest absolute Gasteiger partial charge is 0.349 e. The Labute approximate surface area is 112 Å². The van der Waals surface area contributed by atoms with Gasteiger partial charge < -0.3 is 10.6 Å². The van der Waals surface area contributed by atoms with Crippen LogP contribution in [0.15, 0.2) is 0 Å². The molecule has 4 nitrogen and oxygen atoms in total. The molecule has 0 aliphatic heterocycles. The summed E-state index contributed by atoms with van der Waals surface area (Å²) in [6.07, 6.45) is -8.58. The maximum atomic E-state index is 12.5. The minimum Gasteiger partial charge on any atom is -0.349 e. The lowest BCUT2D eigenvalue weighted by atomic mass is 10.2. The van der Waals surface area contributed by atoms with Crippen molar-refractivity contribution in [3.63, 3.8) is 0 Å². The van der Waals surface area contributed by atoms with Crippen LogP contribution in [0.2, 0.25) is 0 Å². The molecule has 12 heteroatoms. The van der Waals surface area contributed by atoms with Gasteiger partial charge in [-0.2, -0.15) is 17.6 Å². The first-order chi connectivity index (χ1) is 9.33. The van der Waals surface area contributed by atoms with Crippen molar-refractivity contribution in [2.75, 3.05) is 6.54 Å². The standard InChI is InChI=1S/C9H10F8N2O2/c1-3(19-7(21)9(16,17)5(12)13)2-18-6(20)8(14,15)4(10)11/h3-5H,2H2,1H3,(H,18,20)(H,19,21)/t3-/m0/s1. The molecule has 0 aliphatic rings. The third-order valence-electron chi connectivity index (χ3n) is 2.10. The van der Waals surface area contributed by atoms with E-state index in [9.17, 15) is 44.7 Å². The van der Waals surface area contributed by atoms with E-state index >= 15 is 0 Å². The Morgan fingerprint density at radius 3 is 1.67 bits per heavy atom. The largest absolute Gasteiger partial charge is 0.383 e. The minimum atomic E-state index is -5.01. The number of nitrogens with one attached hydrogen (secondary N) is 2. The molecule has 0 aromatic heterocycles. The molecule has 0 saturated carbocycles. The molecule has 2 N–H and O–H groups in total. The van der Waals surface area contributed by atoms with E-state index in [-0.39, 0.29) is 0 Å². The highest BCUT2D eigenvalue weighted by Gasteiger charge is 2.50. The molecule has 0 aliphatic carbocycles. The predicted molar refractivity (Wildman–Crippen MR) is 52.5 cm³/mol. The molecule has 0 aromatic carbocycles. The molecule has 124 valence electrons. The zero-order valence-corrected chi connectivity index (χ0v) is 10.3. The van der Waals surface area contributed by atoms with Gasteiger partial charge in [-0.3, -0.25) is 9.59 Å². The lowest BCUT2D eigenvalue weighted by molar-refractivity contribution is -0.171. The van der Waals surface area contributed by atoms with Gasteiger partial charge >= 0.3 is 24.7 Å². The van der Waals surface area contributed by atoms with Crippen molar-refractivity contribution in [2.45, 2.75) is 37.7 Å². The molecule has 0 unspecified atom stereocenters. The second-order valence-corrected chi connectivity index (χ2v) is 3.93. The van der Waals surface area contributed by atoms with Crippen LogP contribution in [0.1, 0.15) is 6.92 Å². The number of halogens is 8. The van der Waals surface area contributed by atoms with E-state index in [1.807, 2.05) is 0 Å². The summed E-state index contributed by atoms with van der Waals surface area (Å²) in [7, 11) is 0. The van der Waals surface area contributed by atoms with Gasteiger partial charge in [0.05, 0.1) is 0 Å². The van der Waals surface area contributed by atoms with E-state index in [0.717, 1.165) is 6.92 Å². The second-order valence-electron chi connectivity index (χ2n) is 3.93. The van der Waals surface area contributed by atoms with Crippen molar-refractivity contribution in [3.05, 3.63) is 0 Å². The Bertz CT molecular complexity index is 388. The quantitative estimate of drug-likeness (QED) is 0.694. The first kappa shape index (κ1) is 19.4. The van der Waals surface area contributed by atoms with Crippen LogP contribution in [0.5, 0.6) is 0 Å². The fourth-order valence-electron chi connectivity index (χ4n) is 0.933. The summed E-state index contributed by atoms with van der Waals surface area (Å²) in [5.41, 5.74) is 0. The minimum absolute atomic E-state index is 0.903. The molecular formula is C9H10F8N2O2. The number of alkyl halides is 8. The fourth-order valence-corrected chi connectivity index (χ4v) is 0.933. The molecule has 0 bridgehead atoms. The number of amides is 2. The van der Waals surface area contributed by atoms with Crippen LogP contribution in [0.4, 0.5) is 35.1 Å². The molecule has 0 radical (unpaired) electrons. The van der Waals surface area contributed by atoms with Crippen LogP contribution in [-0.4, -0.2) is 49.1 Å². The highest BCUT2D eigenvalue weighted by molar-refractivity contribution is 5.85. The molecule has 0 fully saturated rings. The molecule has 0 heterocycles. The van der Waals surface area contributed by atoms with E-state index in [0.29, 0.717) is 0 Å². The van der Waals surface area contributed by atoms with Crippen LogP contribution >= 0.6 is 0 Å². The van der Waals surface area contributed by atoms with Gasteiger partial charge in [-0.15, -0.1) is 0 Å². The van der Waals surface area contributed by atoms with Gasteiger partial charge in [0.15, 0.2) is 0 Å². The normalized spacial score (nSPS) is 14.2. The van der Waals surface area contributed by atoms with E-state index in [4.69, 9.17) is 0 Å². The second kappa shape index (κ2) is 6.89. The van der Waals surface area contributed by atoms with Crippen molar-refractivity contribution in [1.82, 2.24) is 10.6 Å². The number of carbonyl (C=O) groups is 2. The summed E-state index contributed by atoms with van der Waals surface area (Å²) in [6.45, 7) is -0.0353. The molecule has 0 aromatic rings. The van der Waals surface area contributed by atoms with Gasteiger partial charge in [0, 0.05) is 12.6 Å². The summed E-state index contributed by atoms with van der Waals surface area (Å²) in [5.74, 6) is -14.8. The SMILES string of the molecule is C[C@@H](CNC(=O)C(F)(F)C(F)F)NC(=O)C(F)(F)C(F)F. The maximum absolute atomic E-state index is 12.5. The predicted octanol–water partition coefficient (Wildman–Crippen LogP) is 1.41. The monoisotopic (exact) mass is 330 g/mol. The topological polar surface area (TPSA) is 58.2 Å². The van der Waals surface area contributed by atoms with Crippen LogP contribution < -0.4 is 10.6 Å². The van der Waals surface area contributed by atoms with Crippen molar-refractivity contribution >= 4 is 11.8 Å². The van der Waals surface area contributed by atoms with E-state index in [1.165, 1.54) is 10.6 Å². The summed E-state index contributed by atoms with van der Waals surface area (Å²) < 4.78 is 97.2. The Morgan fingerprint density at radius 2 is 1.29 bits per heavy atom. The summed E-state index contributed by atoms with van der Waals surface area (Å²) in [5, 5.41) is 2.60. The van der Waals surface area contributed by atoms with Gasteiger partial charge in [-0.25, -0.2) is 17.6 Å². The van der Waals surface area contributed by atoms with Gasteiger partial charge in [-0.1, -0.05) is 0 Å². The molecule has 2 amide bonds. The van der Waals surface area contributed by atoms with Crippen LogP contribution in [0.25, 0.3) is 0 Å². The highest BCUT2D eigenvalue weighted by atomic mass is 19.3. The Balaban J connectivity index is 4.45. The van der Waals surface area contributed by atoms with Crippen LogP contribution in [0, 0.1) is 0 Å². The summed E-state index contributed by atoms with van der Waals surface area (Å²) in [6, 6.07) is -1.47. The summed E-state index contributed by atoms with van der Waals surface area (Å²) in [4.78, 5) is 21.4. The number of rotatable bonds is 7. The molecule has 0 spiro atoms. The number of hydrogen-bond acceptors (Lipinski definition) is 2. The first-order valence-electron chi connectivity index (χ1n) is 5.24. The fraction of sp³-hybridized carbons (Fsp3) is 0.778. The average molecular weight is 330 g/mol. The molecule has 0 saturated heterocycles. The highest BCUT2D eigenvalue weighted by Crippen LogP contribution is 2.23. The van der Waals surface area contributed by atoms with E-state index in [2.05, 4.69) is 0 Å². The van der Waals surface area contributed by atoms with Gasteiger partial charge in [0.2, 0.25) is 0 Å². The van der Waals surface area contributed by atoms with E-state index in [1.54, 1.807) is 0 Å². The molecule has 1 atom stereocenters. The zero-order chi connectivity index (χ0) is 17.0.